The van der Waals surface area contributed by atoms with E-state index >= 15 is 0 Å². The van der Waals surface area contributed by atoms with Crippen LogP contribution in [0.15, 0.2) is 17.6 Å². The van der Waals surface area contributed by atoms with Gasteiger partial charge in [0.05, 0.1) is 45.0 Å². The molecule has 0 saturated carbocycles. The Kier molecular flexibility index (Phi) is 11.9. The molecule has 4 rings (SSSR count). The van der Waals surface area contributed by atoms with Gasteiger partial charge in [0.1, 0.15) is 24.6 Å². The van der Waals surface area contributed by atoms with E-state index in [0.717, 1.165) is 13.1 Å². The van der Waals surface area contributed by atoms with Crippen LogP contribution in [0.3, 0.4) is 0 Å². The quantitative estimate of drug-likeness (QED) is 0.136. The number of aromatic nitrogens is 4. The first-order chi connectivity index (χ1) is 20.2. The lowest BCUT2D eigenvalue weighted by molar-refractivity contribution is -0.0603. The summed E-state index contributed by atoms with van der Waals surface area (Å²) in [6.07, 6.45) is 3.25. The molecule has 14 nitrogen and oxygen atoms in total. The van der Waals surface area contributed by atoms with Gasteiger partial charge in [-0.1, -0.05) is 0 Å². The molecule has 2 aliphatic rings. The molecule has 232 valence electrons. The van der Waals surface area contributed by atoms with Gasteiger partial charge in [0, 0.05) is 52.9 Å². The molecular weight excluding hydrogens is 561 g/mol. The molecule has 0 aliphatic carbocycles. The van der Waals surface area contributed by atoms with E-state index in [4.69, 9.17) is 28.5 Å². The van der Waals surface area contributed by atoms with E-state index in [1.165, 1.54) is 6.33 Å². The Balaban J connectivity index is 1.69. The number of methoxy groups -OCH3 is 1. The number of fused-ring (bicyclic) bond motifs is 1. The summed E-state index contributed by atoms with van der Waals surface area (Å²) in [5.74, 6) is 0.469. The lowest BCUT2D eigenvalue weighted by Gasteiger charge is -2.38. The van der Waals surface area contributed by atoms with Gasteiger partial charge >= 0.3 is 0 Å². The monoisotopic (exact) mass is 605 g/mol. The fourth-order valence-corrected chi connectivity index (χ4v) is 6.95. The van der Waals surface area contributed by atoms with Crippen molar-refractivity contribution in [2.75, 3.05) is 60.7 Å². The van der Waals surface area contributed by atoms with E-state index in [1.54, 1.807) is 19.8 Å². The summed E-state index contributed by atoms with van der Waals surface area (Å²) in [5.41, 5.74) is 1.16. The lowest BCUT2D eigenvalue weighted by atomic mass is 10.1. The predicted octanol–water partition coefficient (Wildman–Crippen LogP) is 2.95. The zero-order valence-corrected chi connectivity index (χ0v) is 26.6. The molecule has 3 unspecified atom stereocenters. The molecule has 0 amide bonds. The standard InChI is InChI=1S/C27H44N9O5P/c1-19(2)36(20(3)4)42(39-12-8-9-28)41-23-21(15-34-10-13-38-14-11-34)40-27(24(23)37-7)35-18-31-22-25(32-17-33(5)6)29-16-30-26(22)35/h16-21,23-24,27H,8,10-15H2,1-7H3/b32-17+/t21-,23?,24?,27-,42?/m1/s1. The van der Waals surface area contributed by atoms with Crippen molar-refractivity contribution in [3.05, 3.63) is 12.7 Å². The van der Waals surface area contributed by atoms with Gasteiger partial charge < -0.3 is 28.2 Å². The van der Waals surface area contributed by atoms with Crippen molar-refractivity contribution in [3.8, 4) is 6.07 Å². The minimum Gasteiger partial charge on any atom is -0.379 e. The van der Waals surface area contributed by atoms with Gasteiger partial charge in [-0.2, -0.15) is 5.26 Å². The van der Waals surface area contributed by atoms with Gasteiger partial charge in [-0.05, 0) is 27.7 Å². The molecule has 15 heteroatoms. The highest BCUT2D eigenvalue weighted by atomic mass is 31.2. The van der Waals surface area contributed by atoms with E-state index in [-0.39, 0.29) is 31.2 Å². The number of aliphatic imine (C=N–C) groups is 1. The highest BCUT2D eigenvalue weighted by Gasteiger charge is 2.50. The highest BCUT2D eigenvalue weighted by Crippen LogP contribution is 2.50. The molecule has 2 saturated heterocycles. The maximum atomic E-state index is 9.17. The van der Waals surface area contributed by atoms with Crippen LogP contribution in [-0.4, -0.2) is 131 Å². The number of ether oxygens (including phenoxy) is 3. The molecule has 5 atom stereocenters. The second kappa shape index (κ2) is 15.4. The Morgan fingerprint density at radius 1 is 1.17 bits per heavy atom. The number of nitriles is 1. The Hall–Kier alpha value is -2.34. The average Bonchev–Trinajstić information content (AvgIpc) is 3.53. The van der Waals surface area contributed by atoms with Crippen LogP contribution in [0.4, 0.5) is 5.82 Å². The Morgan fingerprint density at radius 3 is 2.55 bits per heavy atom. The molecule has 2 aromatic heterocycles. The third-order valence-electron chi connectivity index (χ3n) is 7.00. The number of morpholine rings is 1. The first kappa shape index (κ1) is 32.6. The molecule has 42 heavy (non-hydrogen) atoms. The highest BCUT2D eigenvalue weighted by molar-refractivity contribution is 7.44. The number of imidazole rings is 1. The molecule has 0 N–H and O–H groups in total. The largest absolute Gasteiger partial charge is 0.379 e. The summed E-state index contributed by atoms with van der Waals surface area (Å²) < 4.78 is 35.7. The second-order valence-corrected chi connectivity index (χ2v) is 12.4. The van der Waals surface area contributed by atoms with Crippen LogP contribution < -0.4 is 0 Å². The van der Waals surface area contributed by atoms with Gasteiger partial charge in [-0.3, -0.25) is 9.47 Å². The zero-order chi connectivity index (χ0) is 30.2. The molecule has 0 radical (unpaired) electrons. The normalized spacial score (nSPS) is 24.4. The van der Waals surface area contributed by atoms with Gasteiger partial charge in [0.2, 0.25) is 0 Å². The predicted molar refractivity (Wildman–Crippen MR) is 159 cm³/mol. The second-order valence-electron chi connectivity index (χ2n) is 11.0. The van der Waals surface area contributed by atoms with Gasteiger partial charge in [-0.15, -0.1) is 0 Å². The summed E-state index contributed by atoms with van der Waals surface area (Å²) in [6, 6.07) is 2.48. The van der Waals surface area contributed by atoms with E-state index in [9.17, 15) is 0 Å². The summed E-state index contributed by atoms with van der Waals surface area (Å²) in [6.45, 7) is 12.3. The van der Waals surface area contributed by atoms with Gasteiger partial charge in [0.15, 0.2) is 23.2 Å². The molecule has 2 aliphatic heterocycles. The zero-order valence-electron chi connectivity index (χ0n) is 25.7. The summed E-state index contributed by atoms with van der Waals surface area (Å²) in [7, 11) is 3.92. The number of hydrogen-bond acceptors (Lipinski definition) is 12. The van der Waals surface area contributed by atoms with Crippen LogP contribution in [0.2, 0.25) is 0 Å². The van der Waals surface area contributed by atoms with E-state index in [1.807, 2.05) is 23.6 Å². The minimum absolute atomic E-state index is 0.158. The third-order valence-corrected chi connectivity index (χ3v) is 9.13. The Labute approximate surface area is 249 Å². The van der Waals surface area contributed by atoms with Crippen molar-refractivity contribution in [2.45, 2.75) is 70.7 Å². The molecule has 2 fully saturated rings. The fraction of sp³-hybridized carbons (Fsp3) is 0.741. The molecule has 4 heterocycles. The first-order valence-electron chi connectivity index (χ1n) is 14.4. The SMILES string of the molecule is COC1C(OP(OCCC#N)N(C(C)C)C(C)C)[C@@H](CN2CCOCC2)O[C@H]1n1cnc2c(/N=C/N(C)C)ncnc21. The van der Waals surface area contributed by atoms with Crippen LogP contribution >= 0.6 is 8.53 Å². The van der Waals surface area contributed by atoms with Crippen molar-refractivity contribution < 1.29 is 23.3 Å². The van der Waals surface area contributed by atoms with Crippen molar-refractivity contribution >= 4 is 31.8 Å². The number of nitrogens with zero attached hydrogens (tertiary/aromatic N) is 9. The first-order valence-corrected chi connectivity index (χ1v) is 15.5. The molecule has 0 spiro atoms. The summed E-state index contributed by atoms with van der Waals surface area (Å²) in [5, 5.41) is 9.17. The topological polar surface area (TPSA) is 136 Å². The Morgan fingerprint density at radius 2 is 1.90 bits per heavy atom. The smallest absolute Gasteiger partial charge is 0.259 e. The average molecular weight is 606 g/mol. The minimum atomic E-state index is -1.53. The van der Waals surface area contributed by atoms with Crippen molar-refractivity contribution in [2.24, 2.45) is 4.99 Å². The molecule has 2 aromatic rings. The Bertz CT molecular complexity index is 1190. The van der Waals surface area contributed by atoms with Crippen LogP contribution in [0.5, 0.6) is 0 Å². The maximum Gasteiger partial charge on any atom is 0.259 e. The molecular formula is C27H44N9O5P. The van der Waals surface area contributed by atoms with E-state index < -0.39 is 27.0 Å². The molecule has 0 bridgehead atoms. The van der Waals surface area contributed by atoms with Crippen LogP contribution in [0.25, 0.3) is 11.2 Å². The van der Waals surface area contributed by atoms with Crippen molar-refractivity contribution in [1.29, 1.82) is 5.26 Å². The summed E-state index contributed by atoms with van der Waals surface area (Å²) in [4.78, 5) is 22.1. The van der Waals surface area contributed by atoms with E-state index in [0.29, 0.717) is 36.7 Å². The van der Waals surface area contributed by atoms with Crippen LogP contribution in [-0.2, 0) is 23.3 Å². The van der Waals surface area contributed by atoms with Crippen molar-refractivity contribution in [3.63, 3.8) is 0 Å². The third kappa shape index (κ3) is 7.78. The fourth-order valence-electron chi connectivity index (χ4n) is 5.18. The lowest BCUT2D eigenvalue weighted by Crippen LogP contribution is -2.46. The summed E-state index contributed by atoms with van der Waals surface area (Å²) >= 11 is 0. The van der Waals surface area contributed by atoms with E-state index in [2.05, 4.69) is 63.3 Å². The van der Waals surface area contributed by atoms with Crippen LogP contribution in [0, 0.1) is 11.3 Å². The van der Waals surface area contributed by atoms with Gasteiger partial charge in [-0.25, -0.2) is 24.6 Å². The maximum absolute atomic E-state index is 9.17. The van der Waals surface area contributed by atoms with Crippen LogP contribution in [0.1, 0.15) is 40.3 Å². The van der Waals surface area contributed by atoms with Gasteiger partial charge in [0.25, 0.3) is 8.53 Å². The number of rotatable bonds is 14. The molecule has 0 aromatic carbocycles. The number of hydrogen-bond donors (Lipinski definition) is 0. The van der Waals surface area contributed by atoms with Crippen molar-refractivity contribution in [1.82, 2.24) is 34.0 Å².